The van der Waals surface area contributed by atoms with Crippen LogP contribution in [0.15, 0.2) is 33.2 Å². The lowest BCUT2D eigenvalue weighted by Gasteiger charge is -2.29. The molecular formula is C14H12Br2O2S. The summed E-state index contributed by atoms with van der Waals surface area (Å²) in [6.07, 6.45) is 0.0518. The summed E-state index contributed by atoms with van der Waals surface area (Å²) in [7, 11) is 0. The Kier molecular flexibility index (Phi) is 3.73. The Morgan fingerprint density at radius 1 is 1.32 bits per heavy atom. The van der Waals surface area contributed by atoms with Crippen molar-refractivity contribution < 1.29 is 9.84 Å². The molecule has 2 aromatic rings. The normalized spacial score (nSPS) is 21.9. The maximum Gasteiger partial charge on any atom is 0.136 e. The number of rotatable bonds is 1. The number of ether oxygens (including phenoxy) is 1. The van der Waals surface area contributed by atoms with E-state index in [4.69, 9.17) is 4.74 Å². The predicted octanol–water partition coefficient (Wildman–Crippen LogP) is 5.14. The van der Waals surface area contributed by atoms with Crippen molar-refractivity contribution in [2.75, 3.05) is 0 Å². The molecule has 0 spiro atoms. The third-order valence-corrected chi connectivity index (χ3v) is 5.96. The highest BCUT2D eigenvalue weighted by molar-refractivity contribution is 9.10. The summed E-state index contributed by atoms with van der Waals surface area (Å²) < 4.78 is 8.10. The van der Waals surface area contributed by atoms with Gasteiger partial charge in [-0.2, -0.15) is 0 Å². The Bertz CT molecular complexity index is 604. The molecule has 1 aromatic heterocycles. The van der Waals surface area contributed by atoms with Crippen LogP contribution in [0.4, 0.5) is 0 Å². The second-order valence-corrected chi connectivity index (χ2v) is 7.65. The molecule has 1 N–H and O–H groups in total. The Morgan fingerprint density at radius 2 is 2.11 bits per heavy atom. The lowest BCUT2D eigenvalue weighted by atomic mass is 9.98. The van der Waals surface area contributed by atoms with E-state index in [9.17, 15) is 5.11 Å². The number of hydrogen-bond acceptors (Lipinski definition) is 3. The zero-order valence-electron chi connectivity index (χ0n) is 10.2. The van der Waals surface area contributed by atoms with E-state index >= 15 is 0 Å². The molecule has 5 heteroatoms. The number of aliphatic hydroxyl groups is 1. The number of fused-ring (bicyclic) bond motifs is 1. The highest BCUT2D eigenvalue weighted by Gasteiger charge is 2.29. The second-order valence-electron chi connectivity index (χ2n) is 4.59. The highest BCUT2D eigenvalue weighted by Crippen LogP contribution is 2.44. The first kappa shape index (κ1) is 13.6. The summed E-state index contributed by atoms with van der Waals surface area (Å²) in [4.78, 5) is 2.38. The van der Waals surface area contributed by atoms with Gasteiger partial charge in [0.15, 0.2) is 0 Å². The maximum atomic E-state index is 10.3. The van der Waals surface area contributed by atoms with Gasteiger partial charge in [-0.15, -0.1) is 11.3 Å². The molecule has 0 bridgehead atoms. The van der Waals surface area contributed by atoms with Crippen LogP contribution in [0.2, 0.25) is 0 Å². The molecule has 0 aliphatic carbocycles. The van der Waals surface area contributed by atoms with Crippen molar-refractivity contribution in [3.8, 4) is 5.75 Å². The molecular weight excluding hydrogens is 392 g/mol. The first-order valence-electron chi connectivity index (χ1n) is 5.94. The van der Waals surface area contributed by atoms with Gasteiger partial charge in [0.05, 0.1) is 6.10 Å². The lowest BCUT2D eigenvalue weighted by molar-refractivity contribution is 0.0673. The molecule has 0 saturated carbocycles. The average molecular weight is 404 g/mol. The smallest absolute Gasteiger partial charge is 0.136 e. The summed E-state index contributed by atoms with van der Waals surface area (Å²) in [5.41, 5.74) is 0.867. The van der Waals surface area contributed by atoms with Crippen molar-refractivity contribution in [2.24, 2.45) is 0 Å². The molecule has 1 unspecified atom stereocenters. The van der Waals surface area contributed by atoms with E-state index in [1.807, 2.05) is 18.2 Å². The highest BCUT2D eigenvalue weighted by atomic mass is 79.9. The first-order chi connectivity index (χ1) is 9.04. The zero-order chi connectivity index (χ0) is 13.6. The van der Waals surface area contributed by atoms with Crippen molar-refractivity contribution >= 4 is 43.2 Å². The molecule has 1 aliphatic heterocycles. The van der Waals surface area contributed by atoms with Crippen molar-refractivity contribution in [3.05, 3.63) is 48.5 Å². The van der Waals surface area contributed by atoms with Crippen LogP contribution < -0.4 is 4.74 Å². The molecule has 0 amide bonds. The van der Waals surface area contributed by atoms with Crippen LogP contribution in [0, 0.1) is 6.92 Å². The lowest BCUT2D eigenvalue weighted by Crippen LogP contribution is -2.18. The van der Waals surface area contributed by atoms with Crippen molar-refractivity contribution in [3.63, 3.8) is 0 Å². The molecule has 1 aromatic carbocycles. The Morgan fingerprint density at radius 3 is 2.79 bits per heavy atom. The molecule has 1 aliphatic rings. The number of hydrogen-bond donors (Lipinski definition) is 1. The van der Waals surface area contributed by atoms with Gasteiger partial charge >= 0.3 is 0 Å². The van der Waals surface area contributed by atoms with E-state index in [0.717, 1.165) is 25.1 Å². The molecule has 2 heterocycles. The van der Waals surface area contributed by atoms with Gasteiger partial charge < -0.3 is 9.84 Å². The standard InChI is InChI=1S/C14H12Br2O2S/c1-7-10(16)5-14(19-7)13-6-11(17)9-3-2-8(15)4-12(9)18-13/h2-5,11,13,17H,6H2,1H3/t11-,13?/m0/s1. The van der Waals surface area contributed by atoms with E-state index < -0.39 is 6.10 Å². The largest absolute Gasteiger partial charge is 0.484 e. The van der Waals surface area contributed by atoms with E-state index in [1.54, 1.807) is 11.3 Å². The number of aryl methyl sites for hydroxylation is 1. The molecule has 2 nitrogen and oxygen atoms in total. The van der Waals surface area contributed by atoms with Gasteiger partial charge in [-0.1, -0.05) is 22.0 Å². The SMILES string of the molecule is Cc1sc(C2C[C@H](O)c3ccc(Br)cc3O2)cc1Br. The van der Waals surface area contributed by atoms with Crippen molar-refractivity contribution in [1.82, 2.24) is 0 Å². The van der Waals surface area contributed by atoms with Gasteiger partial charge in [0.1, 0.15) is 11.9 Å². The summed E-state index contributed by atoms with van der Waals surface area (Å²) >= 11 is 8.67. The van der Waals surface area contributed by atoms with E-state index in [-0.39, 0.29) is 6.10 Å². The minimum Gasteiger partial charge on any atom is -0.484 e. The van der Waals surface area contributed by atoms with Crippen LogP contribution in [0.25, 0.3) is 0 Å². The molecule has 0 saturated heterocycles. The minimum absolute atomic E-state index is 0.0770. The van der Waals surface area contributed by atoms with E-state index in [1.165, 1.54) is 4.88 Å². The van der Waals surface area contributed by atoms with Gasteiger partial charge in [-0.25, -0.2) is 0 Å². The van der Waals surface area contributed by atoms with Gasteiger partial charge in [0.25, 0.3) is 0 Å². The number of thiophene rings is 1. The number of halogens is 2. The average Bonchev–Trinajstić information content (AvgIpc) is 2.69. The Balaban J connectivity index is 1.96. The fourth-order valence-corrected chi connectivity index (χ4v) is 4.17. The summed E-state index contributed by atoms with van der Waals surface area (Å²) in [5, 5.41) is 10.3. The molecule has 19 heavy (non-hydrogen) atoms. The number of benzene rings is 1. The van der Waals surface area contributed by atoms with Crippen LogP contribution in [0.3, 0.4) is 0 Å². The van der Waals surface area contributed by atoms with Gasteiger partial charge in [0, 0.05) is 30.7 Å². The molecule has 100 valence electrons. The van der Waals surface area contributed by atoms with Crippen molar-refractivity contribution in [1.29, 1.82) is 0 Å². The van der Waals surface area contributed by atoms with Crippen LogP contribution in [-0.2, 0) is 0 Å². The Labute approximate surface area is 132 Å². The predicted molar refractivity (Wildman–Crippen MR) is 83.8 cm³/mol. The third-order valence-electron chi connectivity index (χ3n) is 3.23. The quantitative estimate of drug-likeness (QED) is 0.714. The topological polar surface area (TPSA) is 29.5 Å². The van der Waals surface area contributed by atoms with Crippen molar-refractivity contribution in [2.45, 2.75) is 25.6 Å². The second kappa shape index (κ2) is 5.20. The first-order valence-corrected chi connectivity index (χ1v) is 8.35. The maximum absolute atomic E-state index is 10.3. The molecule has 0 fully saturated rings. The molecule has 0 radical (unpaired) electrons. The molecule has 3 rings (SSSR count). The van der Waals surface area contributed by atoms with Gasteiger partial charge in [0.2, 0.25) is 0 Å². The summed E-state index contributed by atoms with van der Waals surface area (Å²) in [6, 6.07) is 7.84. The van der Waals surface area contributed by atoms with Crippen LogP contribution in [0.1, 0.15) is 33.9 Å². The summed E-state index contributed by atoms with van der Waals surface area (Å²) in [5.74, 6) is 0.764. The minimum atomic E-state index is -0.469. The fraction of sp³-hybridized carbons (Fsp3) is 0.286. The summed E-state index contributed by atoms with van der Waals surface area (Å²) in [6.45, 7) is 2.07. The van der Waals surface area contributed by atoms with Crippen LogP contribution in [0.5, 0.6) is 5.75 Å². The van der Waals surface area contributed by atoms with Crippen LogP contribution >= 0.6 is 43.2 Å². The Hall–Kier alpha value is -0.360. The number of aliphatic hydroxyl groups excluding tert-OH is 1. The van der Waals surface area contributed by atoms with Gasteiger partial charge in [-0.05, 0) is 41.1 Å². The van der Waals surface area contributed by atoms with Gasteiger partial charge in [-0.3, -0.25) is 0 Å². The monoisotopic (exact) mass is 402 g/mol. The van der Waals surface area contributed by atoms with E-state index in [2.05, 4.69) is 44.8 Å². The molecule has 2 atom stereocenters. The fourth-order valence-electron chi connectivity index (χ4n) is 2.23. The van der Waals surface area contributed by atoms with E-state index in [0.29, 0.717) is 6.42 Å². The zero-order valence-corrected chi connectivity index (χ0v) is 14.2. The third kappa shape index (κ3) is 2.61. The van der Waals surface area contributed by atoms with Crippen LogP contribution in [-0.4, -0.2) is 5.11 Å².